The van der Waals surface area contributed by atoms with Gasteiger partial charge in [-0.05, 0) is 44.5 Å². The maximum atomic E-state index is 12.0. The summed E-state index contributed by atoms with van der Waals surface area (Å²) >= 11 is 6.20. The molecule has 1 amide bonds. The van der Waals surface area contributed by atoms with Crippen molar-refractivity contribution in [2.45, 2.75) is 20.8 Å². The zero-order valence-corrected chi connectivity index (χ0v) is 17.8. The number of benzene rings is 1. The minimum absolute atomic E-state index is 0.362. The Labute approximate surface area is 174 Å². The number of esters is 1. The fraction of sp³-hybridized carbons (Fsp3) is 0.350. The molecule has 0 spiro atoms. The first kappa shape index (κ1) is 22.3. The number of rotatable bonds is 8. The Kier molecular flexibility index (Phi) is 7.67. The highest BCUT2D eigenvalue weighted by atomic mass is 35.5. The van der Waals surface area contributed by atoms with E-state index >= 15 is 0 Å². The van der Waals surface area contributed by atoms with E-state index in [0.717, 1.165) is 5.69 Å². The predicted octanol–water partition coefficient (Wildman–Crippen LogP) is 3.29. The molecule has 1 heterocycles. The Morgan fingerprint density at radius 2 is 2.03 bits per heavy atom. The third-order valence-corrected chi connectivity index (χ3v) is 4.35. The Bertz CT molecular complexity index is 937. The zero-order valence-electron chi connectivity index (χ0n) is 17.0. The van der Waals surface area contributed by atoms with Crippen LogP contribution in [0.5, 0.6) is 11.5 Å². The topological polar surface area (TPSA) is 91.7 Å². The Morgan fingerprint density at radius 1 is 1.31 bits per heavy atom. The summed E-state index contributed by atoms with van der Waals surface area (Å²) in [5.74, 6) is -0.219. The number of halogens is 1. The van der Waals surface area contributed by atoms with E-state index in [-0.39, 0.29) is 0 Å². The summed E-state index contributed by atoms with van der Waals surface area (Å²) < 4.78 is 17.4. The van der Waals surface area contributed by atoms with E-state index in [0.29, 0.717) is 40.1 Å². The highest BCUT2D eigenvalue weighted by Crippen LogP contribution is 2.36. The molecule has 29 heavy (non-hydrogen) atoms. The molecule has 0 saturated heterocycles. The monoisotopic (exact) mass is 421 g/mol. The van der Waals surface area contributed by atoms with Gasteiger partial charge in [0.25, 0.3) is 5.91 Å². The molecule has 0 saturated carbocycles. The third kappa shape index (κ3) is 5.74. The smallest absolute Gasteiger partial charge is 0.331 e. The van der Waals surface area contributed by atoms with Crippen LogP contribution in [-0.4, -0.2) is 42.0 Å². The molecule has 1 aromatic carbocycles. The van der Waals surface area contributed by atoms with Gasteiger partial charge in [0.05, 0.1) is 35.8 Å². The average Bonchev–Trinajstić information content (AvgIpc) is 2.92. The number of aromatic nitrogens is 2. The lowest BCUT2D eigenvalue weighted by Crippen LogP contribution is -2.20. The molecule has 0 unspecified atom stereocenters. The molecule has 9 heteroatoms. The zero-order chi connectivity index (χ0) is 21.6. The van der Waals surface area contributed by atoms with Crippen LogP contribution >= 0.6 is 11.6 Å². The number of methoxy groups -OCH3 is 1. The molecule has 8 nitrogen and oxygen atoms in total. The first-order valence-electron chi connectivity index (χ1n) is 8.92. The van der Waals surface area contributed by atoms with Crippen LogP contribution in [0.25, 0.3) is 6.08 Å². The minimum Gasteiger partial charge on any atom is -0.493 e. The number of ether oxygens (including phenoxy) is 3. The van der Waals surface area contributed by atoms with Crippen molar-refractivity contribution >= 4 is 35.2 Å². The van der Waals surface area contributed by atoms with E-state index in [1.54, 1.807) is 30.8 Å². The van der Waals surface area contributed by atoms with Crippen LogP contribution < -0.4 is 14.8 Å². The number of nitrogens with one attached hydrogen (secondary N) is 1. The highest BCUT2D eigenvalue weighted by molar-refractivity contribution is 6.32. The van der Waals surface area contributed by atoms with Crippen molar-refractivity contribution in [1.29, 1.82) is 0 Å². The highest BCUT2D eigenvalue weighted by Gasteiger charge is 2.14. The number of carbonyl (C=O) groups excluding carboxylic acids is 2. The second kappa shape index (κ2) is 9.97. The molecule has 0 bridgehead atoms. The van der Waals surface area contributed by atoms with Gasteiger partial charge in [0, 0.05) is 13.1 Å². The molecule has 0 fully saturated rings. The van der Waals surface area contributed by atoms with Gasteiger partial charge in [-0.25, -0.2) is 4.79 Å². The number of nitrogens with zero attached hydrogens (tertiary/aromatic N) is 2. The van der Waals surface area contributed by atoms with Crippen LogP contribution in [-0.2, 0) is 21.4 Å². The van der Waals surface area contributed by atoms with Gasteiger partial charge in [-0.2, -0.15) is 5.10 Å². The van der Waals surface area contributed by atoms with Crippen LogP contribution in [0.2, 0.25) is 5.02 Å². The maximum absolute atomic E-state index is 12.0. The van der Waals surface area contributed by atoms with Gasteiger partial charge >= 0.3 is 5.97 Å². The Balaban J connectivity index is 1.96. The summed E-state index contributed by atoms with van der Waals surface area (Å²) in [5.41, 5.74) is 2.73. The number of anilines is 1. The largest absolute Gasteiger partial charge is 0.493 e. The van der Waals surface area contributed by atoms with E-state index in [2.05, 4.69) is 10.4 Å². The van der Waals surface area contributed by atoms with Gasteiger partial charge in [0.1, 0.15) is 0 Å². The van der Waals surface area contributed by atoms with Gasteiger partial charge in [-0.3, -0.25) is 9.48 Å². The Morgan fingerprint density at radius 3 is 2.62 bits per heavy atom. The van der Waals surface area contributed by atoms with Crippen molar-refractivity contribution in [2.75, 3.05) is 25.6 Å². The molecule has 156 valence electrons. The lowest BCUT2D eigenvalue weighted by atomic mass is 10.2. The average molecular weight is 422 g/mol. The van der Waals surface area contributed by atoms with E-state index in [1.165, 1.54) is 19.3 Å². The number of carbonyl (C=O) groups is 2. The van der Waals surface area contributed by atoms with Crippen LogP contribution in [0, 0.1) is 13.8 Å². The number of amides is 1. The van der Waals surface area contributed by atoms with Crippen molar-refractivity contribution in [3.05, 3.63) is 40.2 Å². The number of hydrogen-bond acceptors (Lipinski definition) is 6. The van der Waals surface area contributed by atoms with Gasteiger partial charge in [0.15, 0.2) is 18.1 Å². The number of aryl methyl sites for hydroxylation is 2. The van der Waals surface area contributed by atoms with Crippen molar-refractivity contribution in [3.63, 3.8) is 0 Å². The SMILES string of the molecule is CCOc1c(Cl)cc(/C=C/C(=O)OCC(=O)Nc2c(C)nn(C)c2C)cc1OC. The van der Waals surface area contributed by atoms with Gasteiger partial charge < -0.3 is 19.5 Å². The molecular weight excluding hydrogens is 398 g/mol. The molecule has 2 aromatic rings. The normalized spacial score (nSPS) is 10.8. The molecule has 0 aliphatic rings. The summed E-state index contributed by atoms with van der Waals surface area (Å²) in [6.07, 6.45) is 2.72. The summed E-state index contributed by atoms with van der Waals surface area (Å²) in [7, 11) is 3.28. The van der Waals surface area contributed by atoms with E-state index in [4.69, 9.17) is 25.8 Å². The summed E-state index contributed by atoms with van der Waals surface area (Å²) in [6.45, 7) is 5.49. The molecule has 1 N–H and O–H groups in total. The van der Waals surface area contributed by atoms with Crippen molar-refractivity contribution in [3.8, 4) is 11.5 Å². The molecule has 0 aliphatic carbocycles. The van der Waals surface area contributed by atoms with Crippen LogP contribution in [0.4, 0.5) is 5.69 Å². The molecule has 0 radical (unpaired) electrons. The second-order valence-electron chi connectivity index (χ2n) is 6.13. The molecular formula is C20H24ClN3O5. The van der Waals surface area contributed by atoms with Gasteiger partial charge in [-0.1, -0.05) is 11.6 Å². The Hall–Kier alpha value is -3.00. The summed E-state index contributed by atoms with van der Waals surface area (Å²) in [6, 6.07) is 3.32. The fourth-order valence-corrected chi connectivity index (χ4v) is 2.87. The van der Waals surface area contributed by atoms with Crippen LogP contribution in [0.3, 0.4) is 0 Å². The fourth-order valence-electron chi connectivity index (χ4n) is 2.60. The van der Waals surface area contributed by atoms with Crippen LogP contribution in [0.1, 0.15) is 23.9 Å². The molecule has 2 rings (SSSR count). The van der Waals surface area contributed by atoms with E-state index < -0.39 is 18.5 Å². The molecule has 0 atom stereocenters. The standard InChI is InChI=1S/C20H24ClN3O5/c1-6-28-20-15(21)9-14(10-16(20)27-5)7-8-18(26)29-11-17(25)22-19-12(2)23-24(4)13(19)3/h7-10H,6,11H2,1-5H3,(H,22,25)/b8-7+. The van der Waals surface area contributed by atoms with Crippen molar-refractivity contribution in [1.82, 2.24) is 9.78 Å². The van der Waals surface area contributed by atoms with Crippen LogP contribution in [0.15, 0.2) is 18.2 Å². The molecule has 0 aliphatic heterocycles. The maximum Gasteiger partial charge on any atom is 0.331 e. The van der Waals surface area contributed by atoms with Gasteiger partial charge in [-0.15, -0.1) is 0 Å². The third-order valence-electron chi connectivity index (χ3n) is 4.07. The van der Waals surface area contributed by atoms with E-state index in [1.807, 2.05) is 13.8 Å². The lowest BCUT2D eigenvalue weighted by molar-refractivity contribution is -0.142. The quantitative estimate of drug-likeness (QED) is 0.519. The number of hydrogen-bond donors (Lipinski definition) is 1. The van der Waals surface area contributed by atoms with E-state index in [9.17, 15) is 9.59 Å². The first-order chi connectivity index (χ1) is 13.8. The summed E-state index contributed by atoms with van der Waals surface area (Å²) in [4.78, 5) is 24.0. The lowest BCUT2D eigenvalue weighted by Gasteiger charge is -2.11. The second-order valence-corrected chi connectivity index (χ2v) is 6.53. The summed E-state index contributed by atoms with van der Waals surface area (Å²) in [5, 5.41) is 7.27. The van der Waals surface area contributed by atoms with Crippen molar-refractivity contribution < 1.29 is 23.8 Å². The predicted molar refractivity (Wildman–Crippen MR) is 110 cm³/mol. The first-order valence-corrected chi connectivity index (χ1v) is 9.29. The minimum atomic E-state index is -0.663. The van der Waals surface area contributed by atoms with Crippen molar-refractivity contribution in [2.24, 2.45) is 7.05 Å². The molecule has 1 aromatic heterocycles. The van der Waals surface area contributed by atoms with Gasteiger partial charge in [0.2, 0.25) is 0 Å².